The van der Waals surface area contributed by atoms with Crippen LogP contribution in [0.15, 0.2) is 30.7 Å². The van der Waals surface area contributed by atoms with Crippen LogP contribution in [0, 0.1) is 24.2 Å². The van der Waals surface area contributed by atoms with Gasteiger partial charge in [-0.1, -0.05) is 0 Å². The van der Waals surface area contributed by atoms with E-state index < -0.39 is 24.0 Å². The van der Waals surface area contributed by atoms with Gasteiger partial charge in [0.2, 0.25) is 0 Å². The van der Waals surface area contributed by atoms with E-state index in [1.165, 1.54) is 16.9 Å². The Bertz CT molecular complexity index is 1140. The maximum Gasteiger partial charge on any atom is 0.408 e. The number of hydrogen-bond donors (Lipinski definition) is 1. The fraction of sp³-hybridized carbons (Fsp3) is 0.316. The van der Waals surface area contributed by atoms with Crippen molar-refractivity contribution in [2.45, 2.75) is 32.0 Å². The van der Waals surface area contributed by atoms with Gasteiger partial charge in [-0.15, -0.1) is 0 Å². The third kappa shape index (κ3) is 3.63. The normalized spacial score (nSPS) is 15.1. The van der Waals surface area contributed by atoms with Crippen molar-refractivity contribution in [2.75, 3.05) is 0 Å². The number of carbonyl (C=O) groups excluding carboxylic acids is 1. The number of rotatable bonds is 4. The highest BCUT2D eigenvalue weighted by atomic mass is 19.4. The fourth-order valence-corrected chi connectivity index (χ4v) is 3.16. The summed E-state index contributed by atoms with van der Waals surface area (Å²) < 4.78 is 41.3. The molecule has 1 unspecified atom stereocenters. The zero-order valence-corrected chi connectivity index (χ0v) is 15.2. The van der Waals surface area contributed by atoms with Crippen molar-refractivity contribution in [1.29, 1.82) is 5.26 Å². The number of aryl methyl sites for hydroxylation is 1. The van der Waals surface area contributed by atoms with Crippen molar-refractivity contribution in [1.82, 2.24) is 24.7 Å². The van der Waals surface area contributed by atoms with Crippen molar-refractivity contribution in [3.05, 3.63) is 47.7 Å². The van der Waals surface area contributed by atoms with Crippen LogP contribution in [-0.2, 0) is 0 Å². The number of hydrogen-bond acceptors (Lipinski definition) is 5. The number of nitrogens with zero attached hydrogens (tertiary/aromatic N) is 5. The SMILES string of the molecule is Cc1cc(-c2cc(C#N)ccn2)nc2c(C(=O)NC(C3CC3)C(F)(F)F)ncn12. The van der Waals surface area contributed by atoms with E-state index in [2.05, 4.69) is 20.3 Å². The molecule has 0 aromatic carbocycles. The maximum absolute atomic E-state index is 13.3. The highest BCUT2D eigenvalue weighted by Crippen LogP contribution is 2.40. The predicted molar refractivity (Wildman–Crippen MR) is 95.7 cm³/mol. The van der Waals surface area contributed by atoms with Crippen LogP contribution < -0.4 is 5.32 Å². The molecule has 0 radical (unpaired) electrons. The van der Waals surface area contributed by atoms with E-state index in [9.17, 15) is 18.0 Å². The highest BCUT2D eigenvalue weighted by molar-refractivity contribution is 5.98. The van der Waals surface area contributed by atoms with E-state index in [1.807, 2.05) is 6.07 Å². The lowest BCUT2D eigenvalue weighted by atomic mass is 10.1. The minimum absolute atomic E-state index is 0.124. The molecule has 3 aromatic rings. The molecule has 3 heterocycles. The minimum atomic E-state index is -4.53. The standard InChI is InChI=1S/C19H15F3N6O/c1-10-6-14(13-7-11(8-23)4-5-24-13)26-17-15(25-9-28(10)17)18(29)27-16(12-2-3-12)19(20,21)22/h4-7,9,12,16H,2-3H2,1H3,(H,27,29). The molecule has 0 saturated heterocycles. The van der Waals surface area contributed by atoms with Gasteiger partial charge in [0.15, 0.2) is 11.3 Å². The number of imidazole rings is 1. The molecule has 0 spiro atoms. The average Bonchev–Trinajstić information content (AvgIpc) is 3.42. The predicted octanol–water partition coefficient (Wildman–Crippen LogP) is 3.04. The van der Waals surface area contributed by atoms with Crippen LogP contribution in [0.3, 0.4) is 0 Å². The van der Waals surface area contributed by atoms with Gasteiger partial charge < -0.3 is 5.32 Å². The van der Waals surface area contributed by atoms with Gasteiger partial charge in [0.1, 0.15) is 12.4 Å². The molecule has 1 aliphatic rings. The molecule has 1 N–H and O–H groups in total. The number of pyridine rings is 1. The Morgan fingerprint density at radius 1 is 1.31 bits per heavy atom. The molecule has 10 heteroatoms. The van der Waals surface area contributed by atoms with E-state index >= 15 is 0 Å². The molecule has 148 valence electrons. The third-order valence-electron chi connectivity index (χ3n) is 4.79. The number of alkyl halides is 3. The molecule has 7 nitrogen and oxygen atoms in total. The summed E-state index contributed by atoms with van der Waals surface area (Å²) in [4.78, 5) is 25.1. The maximum atomic E-state index is 13.3. The van der Waals surface area contributed by atoms with Crippen LogP contribution in [0.5, 0.6) is 0 Å². The van der Waals surface area contributed by atoms with Crippen molar-refractivity contribution >= 4 is 11.6 Å². The molecule has 1 fully saturated rings. The summed E-state index contributed by atoms with van der Waals surface area (Å²) >= 11 is 0. The van der Waals surface area contributed by atoms with Crippen LogP contribution in [0.2, 0.25) is 0 Å². The largest absolute Gasteiger partial charge is 0.408 e. The third-order valence-corrected chi connectivity index (χ3v) is 4.79. The van der Waals surface area contributed by atoms with Gasteiger partial charge in [-0.2, -0.15) is 18.4 Å². The van der Waals surface area contributed by atoms with E-state index in [-0.39, 0.29) is 11.3 Å². The lowest BCUT2D eigenvalue weighted by Crippen LogP contribution is -2.47. The van der Waals surface area contributed by atoms with Gasteiger partial charge in [-0.3, -0.25) is 14.2 Å². The number of nitrogens with one attached hydrogen (secondary N) is 1. The first kappa shape index (κ1) is 18.9. The van der Waals surface area contributed by atoms with Crippen LogP contribution in [-0.4, -0.2) is 37.5 Å². The molecular formula is C19H15F3N6O. The number of halogens is 3. The molecule has 3 aromatic heterocycles. The van der Waals surface area contributed by atoms with Gasteiger partial charge in [-0.05, 0) is 43.9 Å². The summed E-state index contributed by atoms with van der Waals surface area (Å²) in [5.41, 5.74) is 1.78. The van der Waals surface area contributed by atoms with Gasteiger partial charge >= 0.3 is 6.18 Å². The molecule has 4 rings (SSSR count). The number of amides is 1. The van der Waals surface area contributed by atoms with Crippen LogP contribution in [0.1, 0.15) is 34.6 Å². The molecule has 1 saturated carbocycles. The van der Waals surface area contributed by atoms with E-state index in [1.54, 1.807) is 25.1 Å². The van der Waals surface area contributed by atoms with Crippen LogP contribution in [0.4, 0.5) is 13.2 Å². The van der Waals surface area contributed by atoms with Gasteiger partial charge in [0.25, 0.3) is 5.91 Å². The van der Waals surface area contributed by atoms with E-state index in [0.717, 1.165) is 0 Å². The second kappa shape index (κ2) is 6.84. The van der Waals surface area contributed by atoms with E-state index in [4.69, 9.17) is 5.26 Å². The topological polar surface area (TPSA) is 96.0 Å². The zero-order valence-electron chi connectivity index (χ0n) is 15.2. The molecule has 1 atom stereocenters. The number of carbonyl (C=O) groups is 1. The molecular weight excluding hydrogens is 385 g/mol. The van der Waals surface area contributed by atoms with Crippen molar-refractivity contribution < 1.29 is 18.0 Å². The summed E-state index contributed by atoms with van der Waals surface area (Å²) in [6.07, 6.45) is -0.867. The fourth-order valence-electron chi connectivity index (χ4n) is 3.16. The Labute approximate surface area is 163 Å². The summed E-state index contributed by atoms with van der Waals surface area (Å²) in [6.45, 7) is 1.75. The van der Waals surface area contributed by atoms with Gasteiger partial charge in [0.05, 0.1) is 23.0 Å². The lowest BCUT2D eigenvalue weighted by molar-refractivity contribution is -0.158. The summed E-state index contributed by atoms with van der Waals surface area (Å²) in [5, 5.41) is 11.1. The zero-order chi connectivity index (χ0) is 20.8. The second-order valence-electron chi connectivity index (χ2n) is 6.94. The highest BCUT2D eigenvalue weighted by Gasteiger charge is 2.50. The number of fused-ring (bicyclic) bond motifs is 1. The molecule has 29 heavy (non-hydrogen) atoms. The quantitative estimate of drug-likeness (QED) is 0.726. The lowest BCUT2D eigenvalue weighted by Gasteiger charge is -2.20. The summed E-state index contributed by atoms with van der Waals surface area (Å²) in [5.74, 6) is -1.53. The first-order valence-electron chi connectivity index (χ1n) is 8.86. The second-order valence-corrected chi connectivity index (χ2v) is 6.94. The molecule has 1 aliphatic carbocycles. The molecule has 1 amide bonds. The molecule has 0 aliphatic heterocycles. The van der Waals surface area contributed by atoms with Gasteiger partial charge in [-0.25, -0.2) is 9.97 Å². The molecule has 0 bridgehead atoms. The first-order chi connectivity index (χ1) is 13.8. The van der Waals surface area contributed by atoms with Gasteiger partial charge in [0, 0.05) is 11.9 Å². The van der Waals surface area contributed by atoms with Crippen molar-refractivity contribution in [3.63, 3.8) is 0 Å². The minimum Gasteiger partial charge on any atom is -0.339 e. The smallest absolute Gasteiger partial charge is 0.339 e. The first-order valence-corrected chi connectivity index (χ1v) is 8.86. The summed E-state index contributed by atoms with van der Waals surface area (Å²) in [6, 6.07) is 4.89. The van der Waals surface area contributed by atoms with Crippen LogP contribution in [0.25, 0.3) is 17.0 Å². The Morgan fingerprint density at radius 3 is 2.72 bits per heavy atom. The number of nitriles is 1. The Morgan fingerprint density at radius 2 is 2.07 bits per heavy atom. The van der Waals surface area contributed by atoms with Crippen LogP contribution >= 0.6 is 0 Å². The van der Waals surface area contributed by atoms with Crippen molar-refractivity contribution in [3.8, 4) is 17.5 Å². The Hall–Kier alpha value is -3.48. The van der Waals surface area contributed by atoms with Crippen molar-refractivity contribution in [2.24, 2.45) is 5.92 Å². The monoisotopic (exact) mass is 400 g/mol. The Balaban J connectivity index is 1.73. The Kier molecular flexibility index (Phi) is 4.45. The average molecular weight is 400 g/mol. The number of aromatic nitrogens is 4. The van der Waals surface area contributed by atoms with E-state index in [0.29, 0.717) is 35.5 Å². The summed E-state index contributed by atoms with van der Waals surface area (Å²) in [7, 11) is 0.